The van der Waals surface area contributed by atoms with Crippen molar-refractivity contribution in [2.24, 2.45) is 5.92 Å². The predicted molar refractivity (Wildman–Crippen MR) is 135 cm³/mol. The average molecular weight is 483 g/mol. The Morgan fingerprint density at radius 1 is 0.829 bits per heavy atom. The zero-order valence-corrected chi connectivity index (χ0v) is 21.8. The zero-order valence-electron chi connectivity index (χ0n) is 21.8. The fourth-order valence-electron chi connectivity index (χ4n) is 4.92. The van der Waals surface area contributed by atoms with Crippen LogP contribution in [0.25, 0.3) is 0 Å². The Balaban J connectivity index is 1.67. The van der Waals surface area contributed by atoms with Gasteiger partial charge in [0.2, 0.25) is 0 Å². The topological polar surface area (TPSA) is 55.4 Å². The second-order valence-corrected chi connectivity index (χ2v) is 9.44. The first-order valence-electron chi connectivity index (χ1n) is 12.4. The molecule has 35 heavy (non-hydrogen) atoms. The van der Waals surface area contributed by atoms with Crippen LogP contribution in [0.2, 0.25) is 0 Å². The van der Waals surface area contributed by atoms with E-state index < -0.39 is 12.6 Å². The number of allylic oxidation sites excluding steroid dienone is 1. The molecule has 2 heterocycles. The van der Waals surface area contributed by atoms with Crippen molar-refractivity contribution in [3.8, 4) is 11.5 Å². The van der Waals surface area contributed by atoms with E-state index in [9.17, 15) is 0 Å². The van der Waals surface area contributed by atoms with E-state index in [2.05, 4.69) is 32.1 Å². The Kier molecular flexibility index (Phi) is 8.17. The van der Waals surface area contributed by atoms with Crippen LogP contribution >= 0.6 is 0 Å². The highest BCUT2D eigenvalue weighted by Crippen LogP contribution is 2.44. The van der Waals surface area contributed by atoms with Crippen LogP contribution < -0.4 is 9.47 Å². The van der Waals surface area contributed by atoms with Crippen molar-refractivity contribution in [1.29, 1.82) is 0 Å². The molecule has 7 atom stereocenters. The summed E-state index contributed by atoms with van der Waals surface area (Å²) in [6.45, 7) is 10.4. The Morgan fingerprint density at radius 3 is 1.86 bits per heavy atom. The molecule has 6 heteroatoms. The molecule has 190 valence electrons. The first kappa shape index (κ1) is 25.7. The van der Waals surface area contributed by atoms with Gasteiger partial charge in [-0.25, -0.2) is 0 Å². The summed E-state index contributed by atoms with van der Waals surface area (Å²) in [4.78, 5) is 0. The van der Waals surface area contributed by atoms with Crippen LogP contribution in [0, 0.1) is 19.8 Å². The highest BCUT2D eigenvalue weighted by Gasteiger charge is 2.50. The van der Waals surface area contributed by atoms with E-state index in [1.807, 2.05) is 51.1 Å². The standard InChI is InChI=1S/C29H38O6/c1-8-10-24-26-27(35-28(32-24)20-11-13-22(30-6)18(4)15-20)25(17(3)9-2)33-29(34-26)21-12-14-23(31-7)19(5)16-21/h8,10-17,24-29H,9H2,1-7H3/b10-8-. The van der Waals surface area contributed by atoms with Crippen LogP contribution in [0.4, 0.5) is 0 Å². The minimum absolute atomic E-state index is 0.148. The lowest BCUT2D eigenvalue weighted by Gasteiger charge is -2.50. The largest absolute Gasteiger partial charge is 0.496 e. The minimum Gasteiger partial charge on any atom is -0.496 e. The van der Waals surface area contributed by atoms with Crippen molar-refractivity contribution < 1.29 is 28.4 Å². The second-order valence-electron chi connectivity index (χ2n) is 9.44. The summed E-state index contributed by atoms with van der Waals surface area (Å²) in [5.74, 6) is 1.96. The number of methoxy groups -OCH3 is 2. The minimum atomic E-state index is -0.527. The van der Waals surface area contributed by atoms with Crippen LogP contribution in [0.5, 0.6) is 11.5 Å². The molecule has 0 bridgehead atoms. The SMILES string of the molecule is C/C=C\C1OC(c2ccc(OC)c(C)c2)OC2C(C(C)CC)OC(c3ccc(OC)c(C)c3)OC12. The third kappa shape index (κ3) is 5.26. The maximum absolute atomic E-state index is 6.61. The van der Waals surface area contributed by atoms with Gasteiger partial charge in [-0.05, 0) is 62.1 Å². The lowest BCUT2D eigenvalue weighted by atomic mass is 9.89. The monoisotopic (exact) mass is 482 g/mol. The fourth-order valence-corrected chi connectivity index (χ4v) is 4.92. The molecule has 0 N–H and O–H groups in total. The smallest absolute Gasteiger partial charge is 0.185 e. The third-order valence-electron chi connectivity index (χ3n) is 7.06. The summed E-state index contributed by atoms with van der Waals surface area (Å²) >= 11 is 0. The van der Waals surface area contributed by atoms with E-state index in [0.29, 0.717) is 0 Å². The number of rotatable bonds is 7. The molecule has 2 saturated heterocycles. The van der Waals surface area contributed by atoms with Crippen LogP contribution in [-0.4, -0.2) is 38.6 Å². The predicted octanol–water partition coefficient (Wildman–Crippen LogP) is 6.21. The van der Waals surface area contributed by atoms with Crippen LogP contribution in [0.3, 0.4) is 0 Å². The molecule has 2 aliphatic heterocycles. The zero-order chi connectivity index (χ0) is 25.1. The van der Waals surface area contributed by atoms with Gasteiger partial charge in [-0.15, -0.1) is 0 Å². The number of hydrogen-bond donors (Lipinski definition) is 0. The van der Waals surface area contributed by atoms with Crippen LogP contribution in [0.15, 0.2) is 48.6 Å². The van der Waals surface area contributed by atoms with Gasteiger partial charge < -0.3 is 28.4 Å². The molecule has 2 fully saturated rings. The molecule has 4 rings (SSSR count). The maximum Gasteiger partial charge on any atom is 0.185 e. The Bertz CT molecular complexity index is 1030. The fraction of sp³-hybridized carbons (Fsp3) is 0.517. The van der Waals surface area contributed by atoms with Crippen molar-refractivity contribution in [2.45, 2.75) is 78.0 Å². The number of hydrogen-bond acceptors (Lipinski definition) is 6. The molecular weight excluding hydrogens is 444 g/mol. The van der Waals surface area contributed by atoms with Gasteiger partial charge in [-0.1, -0.05) is 44.6 Å². The number of aryl methyl sites for hydroxylation is 2. The van der Waals surface area contributed by atoms with Gasteiger partial charge in [-0.3, -0.25) is 0 Å². The van der Waals surface area contributed by atoms with E-state index in [1.54, 1.807) is 14.2 Å². The third-order valence-corrected chi connectivity index (χ3v) is 7.06. The molecule has 0 amide bonds. The van der Waals surface area contributed by atoms with Crippen molar-refractivity contribution in [3.63, 3.8) is 0 Å². The molecule has 0 radical (unpaired) electrons. The van der Waals surface area contributed by atoms with Crippen molar-refractivity contribution in [3.05, 3.63) is 70.8 Å². The van der Waals surface area contributed by atoms with E-state index >= 15 is 0 Å². The van der Waals surface area contributed by atoms with Gasteiger partial charge in [0.05, 0.1) is 20.3 Å². The van der Waals surface area contributed by atoms with E-state index in [4.69, 9.17) is 28.4 Å². The number of fused-ring (bicyclic) bond motifs is 1. The van der Waals surface area contributed by atoms with Gasteiger partial charge in [0.25, 0.3) is 0 Å². The maximum atomic E-state index is 6.61. The van der Waals surface area contributed by atoms with E-state index in [0.717, 1.165) is 40.2 Å². The van der Waals surface area contributed by atoms with Gasteiger partial charge in [0, 0.05) is 11.1 Å². The van der Waals surface area contributed by atoms with Crippen LogP contribution in [0.1, 0.15) is 62.0 Å². The highest BCUT2D eigenvalue weighted by molar-refractivity contribution is 5.38. The molecule has 0 saturated carbocycles. The van der Waals surface area contributed by atoms with Gasteiger partial charge in [-0.2, -0.15) is 0 Å². The van der Waals surface area contributed by atoms with Crippen molar-refractivity contribution in [2.75, 3.05) is 14.2 Å². The number of benzene rings is 2. The van der Waals surface area contributed by atoms with Crippen molar-refractivity contribution >= 4 is 0 Å². The lowest BCUT2D eigenvalue weighted by molar-refractivity contribution is -0.381. The number of ether oxygens (including phenoxy) is 6. The molecule has 6 nitrogen and oxygen atoms in total. The highest BCUT2D eigenvalue weighted by atomic mass is 16.8. The van der Waals surface area contributed by atoms with Gasteiger partial charge in [0.1, 0.15) is 29.8 Å². The molecule has 2 aliphatic rings. The summed E-state index contributed by atoms with van der Waals surface area (Å²) in [7, 11) is 3.36. The van der Waals surface area contributed by atoms with Gasteiger partial charge in [0.15, 0.2) is 12.6 Å². The molecule has 7 unspecified atom stereocenters. The van der Waals surface area contributed by atoms with Crippen LogP contribution in [-0.2, 0) is 18.9 Å². The Labute approximate surface area is 209 Å². The Hall–Kier alpha value is -2.38. The van der Waals surface area contributed by atoms with Crippen molar-refractivity contribution in [1.82, 2.24) is 0 Å². The second kappa shape index (κ2) is 11.1. The molecule has 2 aromatic carbocycles. The van der Waals surface area contributed by atoms with E-state index in [1.165, 1.54) is 0 Å². The normalized spacial score (nSPS) is 29.6. The molecule has 2 aromatic rings. The summed E-state index contributed by atoms with van der Waals surface area (Å²) in [6.07, 6.45) is 2.98. The quantitative estimate of drug-likeness (QED) is 0.438. The first-order valence-corrected chi connectivity index (χ1v) is 12.4. The lowest BCUT2D eigenvalue weighted by Crippen LogP contribution is -2.59. The summed E-state index contributed by atoms with van der Waals surface area (Å²) in [5.41, 5.74) is 3.98. The molecule has 0 spiro atoms. The average Bonchev–Trinajstić information content (AvgIpc) is 2.87. The first-order chi connectivity index (χ1) is 16.9. The van der Waals surface area contributed by atoms with Gasteiger partial charge >= 0.3 is 0 Å². The summed E-state index contributed by atoms with van der Waals surface area (Å²) < 4.78 is 37.1. The molecular formula is C29H38O6. The molecule has 0 aliphatic carbocycles. The Morgan fingerprint density at radius 2 is 1.37 bits per heavy atom. The van der Waals surface area contributed by atoms with E-state index in [-0.39, 0.29) is 30.3 Å². The molecule has 0 aromatic heterocycles. The summed E-state index contributed by atoms with van der Waals surface area (Å²) in [6, 6.07) is 12.0. The summed E-state index contributed by atoms with van der Waals surface area (Å²) in [5, 5.41) is 0.